The summed E-state index contributed by atoms with van der Waals surface area (Å²) in [6.45, 7) is -0.345. The fraction of sp³-hybridized carbons (Fsp3) is 0.450. The third-order valence-electron chi connectivity index (χ3n) is 4.36. The lowest BCUT2D eigenvalue weighted by atomic mass is 10.0. The lowest BCUT2D eigenvalue weighted by molar-refractivity contribution is -0.143. The minimum Gasteiger partial charge on any atom is -0.481 e. The van der Waals surface area contributed by atoms with Gasteiger partial charge in [0.15, 0.2) is 0 Å². The van der Waals surface area contributed by atoms with Crippen LogP contribution in [0.2, 0.25) is 0 Å². The topological polar surface area (TPSA) is 188 Å². The maximum absolute atomic E-state index is 12.7. The average Bonchev–Trinajstić information content (AvgIpc) is 2.75. The predicted molar refractivity (Wildman–Crippen MR) is 118 cm³/mol. The molecule has 12 heteroatoms. The summed E-state index contributed by atoms with van der Waals surface area (Å²) < 4.78 is 0. The van der Waals surface area contributed by atoms with E-state index in [9.17, 15) is 29.1 Å². The summed E-state index contributed by atoms with van der Waals surface area (Å²) in [4.78, 5) is 59.8. The number of thioether (sulfide) groups is 1. The number of hydrogen-bond acceptors (Lipinski definition) is 7. The van der Waals surface area contributed by atoms with Gasteiger partial charge in [0.05, 0.1) is 13.0 Å². The van der Waals surface area contributed by atoms with Crippen LogP contribution in [0.3, 0.4) is 0 Å². The molecule has 3 atom stereocenters. The Bertz CT molecular complexity index is 806. The van der Waals surface area contributed by atoms with Crippen molar-refractivity contribution in [2.45, 2.75) is 37.4 Å². The van der Waals surface area contributed by atoms with E-state index in [1.807, 2.05) is 0 Å². The molecule has 0 spiro atoms. The molecule has 1 rings (SSSR count). The Morgan fingerprint density at radius 2 is 1.53 bits per heavy atom. The largest absolute Gasteiger partial charge is 0.481 e. The number of rotatable bonds is 14. The molecule has 0 aliphatic heterocycles. The van der Waals surface area contributed by atoms with Crippen LogP contribution >= 0.6 is 11.8 Å². The van der Waals surface area contributed by atoms with Gasteiger partial charge in [-0.15, -0.1) is 0 Å². The molecule has 11 nitrogen and oxygen atoms in total. The zero-order valence-electron chi connectivity index (χ0n) is 17.6. The van der Waals surface area contributed by atoms with Crippen LogP contribution in [0.5, 0.6) is 0 Å². The van der Waals surface area contributed by atoms with E-state index in [2.05, 4.69) is 16.0 Å². The van der Waals surface area contributed by atoms with Crippen LogP contribution in [-0.2, 0) is 30.4 Å². The molecule has 0 saturated carbocycles. The van der Waals surface area contributed by atoms with Gasteiger partial charge in [-0.3, -0.25) is 19.2 Å². The van der Waals surface area contributed by atoms with Gasteiger partial charge in [0.1, 0.15) is 18.1 Å². The Labute approximate surface area is 189 Å². The minimum atomic E-state index is -1.54. The van der Waals surface area contributed by atoms with Crippen LogP contribution in [0.25, 0.3) is 0 Å². The van der Waals surface area contributed by atoms with Crippen LogP contribution in [-0.4, -0.2) is 76.6 Å². The van der Waals surface area contributed by atoms with Gasteiger partial charge in [0.2, 0.25) is 17.7 Å². The summed E-state index contributed by atoms with van der Waals surface area (Å²) in [6, 6.07) is 4.67. The van der Waals surface area contributed by atoms with Crippen molar-refractivity contribution in [2.24, 2.45) is 5.73 Å². The molecule has 0 heterocycles. The summed E-state index contributed by atoms with van der Waals surface area (Å²) >= 11 is 1.43. The number of carboxylic acids is 2. The molecule has 0 aromatic heterocycles. The molecule has 3 amide bonds. The fourth-order valence-corrected chi connectivity index (χ4v) is 3.21. The van der Waals surface area contributed by atoms with Gasteiger partial charge in [-0.25, -0.2) is 4.79 Å². The van der Waals surface area contributed by atoms with E-state index in [1.54, 1.807) is 36.6 Å². The summed E-state index contributed by atoms with van der Waals surface area (Å²) in [5, 5.41) is 25.6. The van der Waals surface area contributed by atoms with Crippen molar-refractivity contribution < 1.29 is 34.2 Å². The summed E-state index contributed by atoms with van der Waals surface area (Å²) in [6.07, 6.45) is 1.24. The number of carbonyl (C=O) groups is 5. The molecule has 0 aliphatic carbocycles. The van der Waals surface area contributed by atoms with Crippen molar-refractivity contribution in [3.63, 3.8) is 0 Å². The van der Waals surface area contributed by atoms with Crippen LogP contribution in [0.15, 0.2) is 30.3 Å². The first-order valence-electron chi connectivity index (χ1n) is 9.75. The third-order valence-corrected chi connectivity index (χ3v) is 5.00. The molecule has 1 aromatic rings. The highest BCUT2D eigenvalue weighted by Crippen LogP contribution is 2.06. The van der Waals surface area contributed by atoms with Crippen molar-refractivity contribution in [1.29, 1.82) is 0 Å². The van der Waals surface area contributed by atoms with E-state index in [-0.39, 0.29) is 19.4 Å². The normalized spacial score (nSPS) is 13.3. The fourth-order valence-electron chi connectivity index (χ4n) is 2.74. The number of benzene rings is 1. The van der Waals surface area contributed by atoms with E-state index in [0.717, 1.165) is 0 Å². The zero-order valence-corrected chi connectivity index (χ0v) is 18.4. The van der Waals surface area contributed by atoms with Crippen molar-refractivity contribution in [3.8, 4) is 0 Å². The van der Waals surface area contributed by atoms with Crippen molar-refractivity contribution >= 4 is 41.4 Å². The quantitative estimate of drug-likeness (QED) is 0.198. The Morgan fingerprint density at radius 3 is 2.06 bits per heavy atom. The highest BCUT2D eigenvalue weighted by Gasteiger charge is 2.30. The maximum atomic E-state index is 12.7. The third kappa shape index (κ3) is 9.79. The van der Waals surface area contributed by atoms with Crippen molar-refractivity contribution in [3.05, 3.63) is 35.9 Å². The molecule has 0 saturated heterocycles. The lowest BCUT2D eigenvalue weighted by Gasteiger charge is -2.23. The summed E-state index contributed by atoms with van der Waals surface area (Å²) in [7, 11) is 0. The SMILES string of the molecule is CSCCC(NC(=O)CN)C(=O)NC(CC(=O)O)C(=O)NC(Cc1ccccc1)C(=O)O. The number of carbonyl (C=O) groups excluding carboxylic acids is 3. The predicted octanol–water partition coefficient (Wildman–Crippen LogP) is -1.05. The molecule has 0 aliphatic rings. The highest BCUT2D eigenvalue weighted by atomic mass is 32.2. The number of hydrogen-bond donors (Lipinski definition) is 6. The molecule has 1 aromatic carbocycles. The van der Waals surface area contributed by atoms with Crippen molar-refractivity contribution in [1.82, 2.24) is 16.0 Å². The van der Waals surface area contributed by atoms with E-state index < -0.39 is 54.2 Å². The summed E-state index contributed by atoms with van der Waals surface area (Å²) in [5.74, 6) is -4.48. The second kappa shape index (κ2) is 14.0. The Kier molecular flexibility index (Phi) is 11.8. The van der Waals surface area contributed by atoms with Crippen LogP contribution in [0.1, 0.15) is 18.4 Å². The molecular formula is C20H28N4O7S. The van der Waals surface area contributed by atoms with E-state index in [1.165, 1.54) is 11.8 Å². The minimum absolute atomic E-state index is 0.0292. The molecule has 7 N–H and O–H groups in total. The Balaban J connectivity index is 2.94. The Morgan fingerprint density at radius 1 is 0.938 bits per heavy atom. The maximum Gasteiger partial charge on any atom is 0.326 e. The van der Waals surface area contributed by atoms with Gasteiger partial charge >= 0.3 is 11.9 Å². The van der Waals surface area contributed by atoms with E-state index in [4.69, 9.17) is 10.8 Å². The second-order valence-corrected chi connectivity index (χ2v) is 7.84. The van der Waals surface area contributed by atoms with Crippen LogP contribution in [0.4, 0.5) is 0 Å². The molecule has 0 bridgehead atoms. The van der Waals surface area contributed by atoms with Crippen LogP contribution in [0, 0.1) is 0 Å². The second-order valence-electron chi connectivity index (χ2n) is 6.85. The molecule has 3 unspecified atom stereocenters. The number of nitrogens with two attached hydrogens (primary N) is 1. The monoisotopic (exact) mass is 468 g/mol. The summed E-state index contributed by atoms with van der Waals surface area (Å²) in [5.41, 5.74) is 5.92. The van der Waals surface area contributed by atoms with Gasteiger partial charge in [0.25, 0.3) is 0 Å². The number of nitrogens with one attached hydrogen (secondary N) is 3. The molecule has 176 valence electrons. The average molecular weight is 469 g/mol. The van der Waals surface area contributed by atoms with E-state index in [0.29, 0.717) is 11.3 Å². The smallest absolute Gasteiger partial charge is 0.326 e. The van der Waals surface area contributed by atoms with Crippen LogP contribution < -0.4 is 21.7 Å². The van der Waals surface area contributed by atoms with E-state index >= 15 is 0 Å². The standard InChI is InChI=1S/C20H28N4O7S/c1-32-8-7-13(22-16(25)11-21)18(28)23-14(10-17(26)27)19(29)24-15(20(30)31)9-12-5-3-2-4-6-12/h2-6,13-15H,7-11,21H2,1H3,(H,22,25)(H,23,28)(H,24,29)(H,26,27)(H,30,31). The zero-order chi connectivity index (χ0) is 24.1. The first-order valence-corrected chi connectivity index (χ1v) is 11.1. The van der Waals surface area contributed by atoms with Gasteiger partial charge in [0, 0.05) is 6.42 Å². The molecule has 0 radical (unpaired) electrons. The van der Waals surface area contributed by atoms with Gasteiger partial charge in [-0.05, 0) is 24.0 Å². The molecule has 0 fully saturated rings. The van der Waals surface area contributed by atoms with Crippen molar-refractivity contribution in [2.75, 3.05) is 18.6 Å². The highest BCUT2D eigenvalue weighted by molar-refractivity contribution is 7.98. The van der Waals surface area contributed by atoms with Gasteiger partial charge in [-0.2, -0.15) is 11.8 Å². The molecule has 32 heavy (non-hydrogen) atoms. The number of carboxylic acid groups (broad SMARTS) is 2. The first-order chi connectivity index (χ1) is 15.2. The number of amides is 3. The lowest BCUT2D eigenvalue weighted by Crippen LogP contribution is -2.57. The molecular weight excluding hydrogens is 440 g/mol. The van der Waals surface area contributed by atoms with Gasteiger partial charge < -0.3 is 31.9 Å². The first kappa shape index (κ1) is 26.9. The Hall–Kier alpha value is -3.12. The van der Waals surface area contributed by atoms with Gasteiger partial charge in [-0.1, -0.05) is 30.3 Å². The number of aliphatic carboxylic acids is 2.